The summed E-state index contributed by atoms with van der Waals surface area (Å²) in [4.78, 5) is 11.4. The SMILES string of the molecule is CC(C)(C)OC(=O)NCCCCCCc1ccccc1Br. The zero-order valence-electron chi connectivity index (χ0n) is 13.2. The van der Waals surface area contributed by atoms with Gasteiger partial charge in [0.15, 0.2) is 0 Å². The summed E-state index contributed by atoms with van der Waals surface area (Å²) in [5, 5.41) is 2.79. The van der Waals surface area contributed by atoms with Crippen molar-refractivity contribution in [2.45, 2.75) is 58.5 Å². The molecule has 1 N–H and O–H groups in total. The van der Waals surface area contributed by atoms with Crippen LogP contribution in [-0.2, 0) is 11.2 Å². The summed E-state index contributed by atoms with van der Waals surface area (Å²) in [7, 11) is 0. The van der Waals surface area contributed by atoms with Crippen LogP contribution in [0.15, 0.2) is 28.7 Å². The summed E-state index contributed by atoms with van der Waals surface area (Å²) in [5.41, 5.74) is 0.942. The number of carbonyl (C=O) groups excluding carboxylic acids is 1. The van der Waals surface area contributed by atoms with E-state index >= 15 is 0 Å². The molecular formula is C17H26BrNO2. The highest BCUT2D eigenvalue weighted by atomic mass is 79.9. The summed E-state index contributed by atoms with van der Waals surface area (Å²) in [6.45, 7) is 6.29. The lowest BCUT2D eigenvalue weighted by Crippen LogP contribution is -2.32. The Morgan fingerprint density at radius 1 is 1.14 bits per heavy atom. The molecule has 0 aliphatic heterocycles. The number of unbranched alkanes of at least 4 members (excludes halogenated alkanes) is 3. The van der Waals surface area contributed by atoms with Crippen molar-refractivity contribution in [1.82, 2.24) is 5.32 Å². The minimum Gasteiger partial charge on any atom is -0.444 e. The molecule has 0 saturated heterocycles. The third kappa shape index (κ3) is 8.76. The highest BCUT2D eigenvalue weighted by Crippen LogP contribution is 2.18. The molecule has 1 aromatic rings. The van der Waals surface area contributed by atoms with Crippen LogP contribution in [0, 0.1) is 0 Å². The van der Waals surface area contributed by atoms with Crippen molar-refractivity contribution in [3.63, 3.8) is 0 Å². The van der Waals surface area contributed by atoms with E-state index in [9.17, 15) is 4.79 Å². The number of alkyl carbamates (subject to hydrolysis) is 1. The molecule has 1 aromatic carbocycles. The molecule has 21 heavy (non-hydrogen) atoms. The molecule has 0 fully saturated rings. The van der Waals surface area contributed by atoms with Gasteiger partial charge in [0.05, 0.1) is 0 Å². The maximum atomic E-state index is 11.4. The minimum absolute atomic E-state index is 0.323. The summed E-state index contributed by atoms with van der Waals surface area (Å²) >= 11 is 3.57. The van der Waals surface area contributed by atoms with E-state index < -0.39 is 5.60 Å². The maximum Gasteiger partial charge on any atom is 0.407 e. The first-order valence-corrected chi connectivity index (χ1v) is 8.38. The number of amides is 1. The normalized spacial score (nSPS) is 11.2. The van der Waals surface area contributed by atoms with Gasteiger partial charge in [-0.1, -0.05) is 47.0 Å². The lowest BCUT2D eigenvalue weighted by atomic mass is 10.1. The van der Waals surface area contributed by atoms with Crippen molar-refractivity contribution < 1.29 is 9.53 Å². The van der Waals surface area contributed by atoms with E-state index in [4.69, 9.17) is 4.74 Å². The Morgan fingerprint density at radius 3 is 2.48 bits per heavy atom. The van der Waals surface area contributed by atoms with Gasteiger partial charge >= 0.3 is 6.09 Å². The van der Waals surface area contributed by atoms with E-state index in [1.807, 2.05) is 26.8 Å². The van der Waals surface area contributed by atoms with Gasteiger partial charge in [0.2, 0.25) is 0 Å². The zero-order chi connectivity index (χ0) is 15.7. The van der Waals surface area contributed by atoms with Crippen molar-refractivity contribution in [2.24, 2.45) is 0 Å². The smallest absolute Gasteiger partial charge is 0.407 e. The number of benzene rings is 1. The van der Waals surface area contributed by atoms with Gasteiger partial charge in [-0.15, -0.1) is 0 Å². The molecule has 4 heteroatoms. The Labute approximate surface area is 136 Å². The van der Waals surface area contributed by atoms with E-state index in [0.717, 1.165) is 19.3 Å². The van der Waals surface area contributed by atoms with Crippen LogP contribution in [0.5, 0.6) is 0 Å². The van der Waals surface area contributed by atoms with Crippen LogP contribution in [0.25, 0.3) is 0 Å². The molecule has 0 unspecified atom stereocenters. The molecule has 1 amide bonds. The quantitative estimate of drug-likeness (QED) is 0.692. The zero-order valence-corrected chi connectivity index (χ0v) is 14.8. The average Bonchev–Trinajstić information content (AvgIpc) is 2.37. The van der Waals surface area contributed by atoms with Crippen molar-refractivity contribution in [1.29, 1.82) is 0 Å². The van der Waals surface area contributed by atoms with Crippen molar-refractivity contribution in [3.8, 4) is 0 Å². The third-order valence-electron chi connectivity index (χ3n) is 3.00. The number of ether oxygens (including phenoxy) is 1. The fraction of sp³-hybridized carbons (Fsp3) is 0.588. The van der Waals surface area contributed by atoms with Crippen molar-refractivity contribution >= 4 is 22.0 Å². The van der Waals surface area contributed by atoms with Gasteiger partial charge in [-0.3, -0.25) is 0 Å². The average molecular weight is 356 g/mol. The van der Waals surface area contributed by atoms with E-state index in [1.165, 1.54) is 22.9 Å². The first-order chi connectivity index (χ1) is 9.88. The second kappa shape index (κ2) is 9.08. The van der Waals surface area contributed by atoms with Gasteiger partial charge in [0, 0.05) is 11.0 Å². The molecule has 0 atom stereocenters. The Morgan fingerprint density at radius 2 is 1.81 bits per heavy atom. The molecule has 0 aliphatic carbocycles. The molecule has 0 aliphatic rings. The number of hydrogen-bond acceptors (Lipinski definition) is 2. The fourth-order valence-corrected chi connectivity index (χ4v) is 2.48. The molecule has 118 valence electrons. The van der Waals surface area contributed by atoms with Crippen molar-refractivity contribution in [3.05, 3.63) is 34.3 Å². The topological polar surface area (TPSA) is 38.3 Å². The Hall–Kier alpha value is -1.03. The molecule has 0 bridgehead atoms. The van der Waals surface area contributed by atoms with Gasteiger partial charge in [-0.25, -0.2) is 4.79 Å². The van der Waals surface area contributed by atoms with Crippen LogP contribution in [-0.4, -0.2) is 18.2 Å². The van der Waals surface area contributed by atoms with Crippen LogP contribution in [0.1, 0.15) is 52.0 Å². The van der Waals surface area contributed by atoms with E-state index in [-0.39, 0.29) is 6.09 Å². The van der Waals surface area contributed by atoms with E-state index in [0.29, 0.717) is 6.54 Å². The van der Waals surface area contributed by atoms with Gasteiger partial charge in [-0.05, 0) is 51.7 Å². The second-order valence-electron chi connectivity index (χ2n) is 6.18. The maximum absolute atomic E-state index is 11.4. The summed E-state index contributed by atoms with van der Waals surface area (Å²) < 4.78 is 6.37. The number of aryl methyl sites for hydroxylation is 1. The Bertz CT molecular complexity index is 441. The predicted molar refractivity (Wildman–Crippen MR) is 90.6 cm³/mol. The number of hydrogen-bond donors (Lipinski definition) is 1. The monoisotopic (exact) mass is 355 g/mol. The molecule has 0 radical (unpaired) electrons. The van der Waals surface area contributed by atoms with E-state index in [2.05, 4.69) is 39.4 Å². The molecule has 1 rings (SSSR count). The van der Waals surface area contributed by atoms with Gasteiger partial charge in [0.1, 0.15) is 5.60 Å². The Balaban J connectivity index is 2.03. The fourth-order valence-electron chi connectivity index (χ4n) is 2.00. The first-order valence-electron chi connectivity index (χ1n) is 7.59. The van der Waals surface area contributed by atoms with Gasteiger partial charge in [-0.2, -0.15) is 0 Å². The number of carbonyl (C=O) groups is 1. The highest BCUT2D eigenvalue weighted by molar-refractivity contribution is 9.10. The van der Waals surface area contributed by atoms with Crippen LogP contribution < -0.4 is 5.32 Å². The van der Waals surface area contributed by atoms with Gasteiger partial charge < -0.3 is 10.1 Å². The summed E-state index contributed by atoms with van der Waals surface area (Å²) in [5.74, 6) is 0. The standard InChI is InChI=1S/C17H26BrNO2/c1-17(2,3)21-16(20)19-13-9-5-4-6-10-14-11-7-8-12-15(14)18/h7-8,11-12H,4-6,9-10,13H2,1-3H3,(H,19,20). The lowest BCUT2D eigenvalue weighted by molar-refractivity contribution is 0.0527. The summed E-state index contributed by atoms with van der Waals surface area (Å²) in [6, 6.07) is 8.36. The summed E-state index contributed by atoms with van der Waals surface area (Å²) in [6.07, 6.45) is 5.25. The van der Waals surface area contributed by atoms with Crippen LogP contribution in [0.3, 0.4) is 0 Å². The molecule has 0 spiro atoms. The predicted octanol–water partition coefficient (Wildman–Crippen LogP) is 5.08. The molecule has 0 saturated carbocycles. The third-order valence-corrected chi connectivity index (χ3v) is 3.77. The highest BCUT2D eigenvalue weighted by Gasteiger charge is 2.15. The second-order valence-corrected chi connectivity index (χ2v) is 7.04. The molecule has 0 aromatic heterocycles. The van der Waals surface area contributed by atoms with E-state index in [1.54, 1.807) is 0 Å². The van der Waals surface area contributed by atoms with Crippen LogP contribution in [0.2, 0.25) is 0 Å². The minimum atomic E-state index is -0.423. The molecule has 0 heterocycles. The lowest BCUT2D eigenvalue weighted by Gasteiger charge is -2.19. The first kappa shape index (κ1) is 18.0. The number of rotatable bonds is 7. The number of nitrogens with one attached hydrogen (secondary N) is 1. The molecule has 3 nitrogen and oxygen atoms in total. The van der Waals surface area contributed by atoms with Crippen LogP contribution >= 0.6 is 15.9 Å². The van der Waals surface area contributed by atoms with Crippen LogP contribution in [0.4, 0.5) is 4.79 Å². The largest absolute Gasteiger partial charge is 0.444 e. The van der Waals surface area contributed by atoms with Crippen molar-refractivity contribution in [2.75, 3.05) is 6.54 Å². The number of halogens is 1. The Kier molecular flexibility index (Phi) is 7.79. The molecular weight excluding hydrogens is 330 g/mol. The van der Waals surface area contributed by atoms with Gasteiger partial charge in [0.25, 0.3) is 0 Å².